The predicted molar refractivity (Wildman–Crippen MR) is 79.9 cm³/mol. The first-order chi connectivity index (χ1) is 9.15. The zero-order chi connectivity index (χ0) is 13.7. The number of amides is 1. The first-order valence-corrected chi connectivity index (χ1v) is 6.26. The molecule has 0 aromatic heterocycles. The number of hydrogen-bond acceptors (Lipinski definition) is 1. The van der Waals surface area contributed by atoms with Crippen molar-refractivity contribution >= 4 is 17.7 Å². The van der Waals surface area contributed by atoms with Crippen molar-refractivity contribution in [2.24, 2.45) is 0 Å². The van der Waals surface area contributed by atoms with Gasteiger partial charge in [-0.3, -0.25) is 4.79 Å². The van der Waals surface area contributed by atoms with Crippen LogP contribution in [0.25, 0.3) is 6.08 Å². The second-order valence-electron chi connectivity index (χ2n) is 4.56. The normalized spacial score (nSPS) is 11.2. The fourth-order valence-electron chi connectivity index (χ4n) is 1.73. The highest BCUT2D eigenvalue weighted by atomic mass is 16.1. The molecule has 0 aliphatic rings. The Kier molecular flexibility index (Phi) is 4.14. The van der Waals surface area contributed by atoms with Gasteiger partial charge in [-0.25, -0.2) is 0 Å². The van der Waals surface area contributed by atoms with Gasteiger partial charge in [0.15, 0.2) is 0 Å². The average Bonchev–Trinajstić information content (AvgIpc) is 2.42. The Morgan fingerprint density at radius 2 is 1.63 bits per heavy atom. The van der Waals surface area contributed by atoms with E-state index < -0.39 is 0 Å². The van der Waals surface area contributed by atoms with E-state index in [1.807, 2.05) is 74.5 Å². The van der Waals surface area contributed by atoms with Crippen LogP contribution < -0.4 is 5.32 Å². The standard InChI is InChI=1S/C17H17NO/c1-13-8-10-16(11-9-13)18-17(19)14(2)12-15-6-4-3-5-7-15/h3-12H,1-2H3,(H,18,19)/b14-12+. The summed E-state index contributed by atoms with van der Waals surface area (Å²) < 4.78 is 0. The van der Waals surface area contributed by atoms with E-state index in [2.05, 4.69) is 5.32 Å². The quantitative estimate of drug-likeness (QED) is 0.820. The predicted octanol–water partition coefficient (Wildman–Crippen LogP) is 4.04. The maximum Gasteiger partial charge on any atom is 0.251 e. The number of rotatable bonds is 3. The summed E-state index contributed by atoms with van der Waals surface area (Å²) in [5.41, 5.74) is 3.71. The van der Waals surface area contributed by atoms with E-state index in [0.29, 0.717) is 5.57 Å². The van der Waals surface area contributed by atoms with Gasteiger partial charge in [0.25, 0.3) is 5.91 Å². The molecule has 0 saturated carbocycles. The van der Waals surface area contributed by atoms with Gasteiger partial charge in [-0.15, -0.1) is 0 Å². The van der Waals surface area contributed by atoms with Crippen LogP contribution in [0.4, 0.5) is 5.69 Å². The summed E-state index contributed by atoms with van der Waals surface area (Å²) in [6, 6.07) is 17.6. The lowest BCUT2D eigenvalue weighted by molar-refractivity contribution is -0.112. The minimum absolute atomic E-state index is 0.0762. The Labute approximate surface area is 113 Å². The van der Waals surface area contributed by atoms with Crippen molar-refractivity contribution in [3.05, 3.63) is 71.3 Å². The summed E-state index contributed by atoms with van der Waals surface area (Å²) in [5.74, 6) is -0.0762. The van der Waals surface area contributed by atoms with Crippen molar-refractivity contribution in [3.63, 3.8) is 0 Å². The van der Waals surface area contributed by atoms with Crippen molar-refractivity contribution in [1.82, 2.24) is 0 Å². The molecular weight excluding hydrogens is 234 g/mol. The molecule has 0 spiro atoms. The van der Waals surface area contributed by atoms with E-state index in [9.17, 15) is 4.79 Å². The number of carbonyl (C=O) groups excluding carboxylic acids is 1. The SMILES string of the molecule is C/C(=C\c1ccccc1)C(=O)Nc1ccc(C)cc1. The first-order valence-electron chi connectivity index (χ1n) is 6.26. The smallest absolute Gasteiger partial charge is 0.251 e. The van der Waals surface area contributed by atoms with Crippen LogP contribution in [0.2, 0.25) is 0 Å². The molecule has 0 aliphatic heterocycles. The third kappa shape index (κ3) is 3.81. The Morgan fingerprint density at radius 1 is 1.00 bits per heavy atom. The third-order valence-electron chi connectivity index (χ3n) is 2.85. The lowest BCUT2D eigenvalue weighted by Crippen LogP contribution is -2.12. The van der Waals surface area contributed by atoms with E-state index in [-0.39, 0.29) is 5.91 Å². The number of hydrogen-bond donors (Lipinski definition) is 1. The first kappa shape index (κ1) is 13.1. The number of aryl methyl sites for hydroxylation is 1. The van der Waals surface area contributed by atoms with Crippen LogP contribution in [0, 0.1) is 6.92 Å². The maximum atomic E-state index is 12.0. The summed E-state index contributed by atoms with van der Waals surface area (Å²) >= 11 is 0. The van der Waals surface area contributed by atoms with Gasteiger partial charge in [-0.1, -0.05) is 48.0 Å². The van der Waals surface area contributed by atoms with E-state index >= 15 is 0 Å². The van der Waals surface area contributed by atoms with Crippen molar-refractivity contribution < 1.29 is 4.79 Å². The molecule has 1 N–H and O–H groups in total. The van der Waals surface area contributed by atoms with Crippen molar-refractivity contribution in [2.75, 3.05) is 5.32 Å². The van der Waals surface area contributed by atoms with Crippen LogP contribution in [-0.4, -0.2) is 5.91 Å². The maximum absolute atomic E-state index is 12.0. The van der Waals surface area contributed by atoms with E-state index in [1.165, 1.54) is 5.56 Å². The molecular formula is C17H17NO. The zero-order valence-electron chi connectivity index (χ0n) is 11.2. The summed E-state index contributed by atoms with van der Waals surface area (Å²) in [6.07, 6.45) is 1.88. The Hall–Kier alpha value is -2.35. The summed E-state index contributed by atoms with van der Waals surface area (Å²) in [4.78, 5) is 12.0. The zero-order valence-corrected chi connectivity index (χ0v) is 11.2. The van der Waals surface area contributed by atoms with Crippen LogP contribution in [0.15, 0.2) is 60.2 Å². The Bertz CT molecular complexity index is 582. The topological polar surface area (TPSA) is 29.1 Å². The summed E-state index contributed by atoms with van der Waals surface area (Å²) in [7, 11) is 0. The van der Waals surface area contributed by atoms with Crippen molar-refractivity contribution in [3.8, 4) is 0 Å². The highest BCUT2D eigenvalue weighted by Crippen LogP contribution is 2.12. The number of nitrogens with one attached hydrogen (secondary N) is 1. The fraction of sp³-hybridized carbons (Fsp3) is 0.118. The molecule has 0 radical (unpaired) electrons. The van der Waals surface area contributed by atoms with Gasteiger partial charge in [0.05, 0.1) is 0 Å². The molecule has 0 bridgehead atoms. The molecule has 0 heterocycles. The average molecular weight is 251 g/mol. The highest BCUT2D eigenvalue weighted by molar-refractivity contribution is 6.06. The molecule has 0 saturated heterocycles. The Morgan fingerprint density at radius 3 is 2.26 bits per heavy atom. The monoisotopic (exact) mass is 251 g/mol. The molecule has 0 atom stereocenters. The van der Waals surface area contributed by atoms with Gasteiger partial charge >= 0.3 is 0 Å². The van der Waals surface area contributed by atoms with Gasteiger partial charge in [0, 0.05) is 11.3 Å². The third-order valence-corrected chi connectivity index (χ3v) is 2.85. The molecule has 96 valence electrons. The molecule has 2 rings (SSSR count). The second kappa shape index (κ2) is 6.01. The lowest BCUT2D eigenvalue weighted by atomic mass is 10.1. The van der Waals surface area contributed by atoms with Crippen molar-refractivity contribution in [1.29, 1.82) is 0 Å². The van der Waals surface area contributed by atoms with E-state index in [4.69, 9.17) is 0 Å². The van der Waals surface area contributed by atoms with Gasteiger partial charge in [0.1, 0.15) is 0 Å². The minimum atomic E-state index is -0.0762. The molecule has 2 heteroatoms. The van der Waals surface area contributed by atoms with Gasteiger partial charge < -0.3 is 5.32 Å². The van der Waals surface area contributed by atoms with Crippen LogP contribution in [0.5, 0.6) is 0 Å². The van der Waals surface area contributed by atoms with Gasteiger partial charge in [-0.2, -0.15) is 0 Å². The van der Waals surface area contributed by atoms with Crippen LogP contribution in [-0.2, 0) is 4.79 Å². The minimum Gasteiger partial charge on any atom is -0.322 e. The van der Waals surface area contributed by atoms with Crippen LogP contribution in [0.1, 0.15) is 18.1 Å². The molecule has 0 aliphatic carbocycles. The van der Waals surface area contributed by atoms with Gasteiger partial charge in [0.2, 0.25) is 0 Å². The van der Waals surface area contributed by atoms with Crippen molar-refractivity contribution in [2.45, 2.75) is 13.8 Å². The molecule has 2 aromatic rings. The Balaban J connectivity index is 2.07. The second-order valence-corrected chi connectivity index (χ2v) is 4.56. The summed E-state index contributed by atoms with van der Waals surface area (Å²) in [6.45, 7) is 3.84. The van der Waals surface area contributed by atoms with E-state index in [0.717, 1.165) is 11.3 Å². The molecule has 19 heavy (non-hydrogen) atoms. The van der Waals surface area contributed by atoms with Crippen LogP contribution in [0.3, 0.4) is 0 Å². The number of anilines is 1. The molecule has 0 fully saturated rings. The van der Waals surface area contributed by atoms with E-state index in [1.54, 1.807) is 0 Å². The molecule has 2 aromatic carbocycles. The number of benzene rings is 2. The molecule has 0 unspecified atom stereocenters. The lowest BCUT2D eigenvalue weighted by Gasteiger charge is -2.06. The van der Waals surface area contributed by atoms with Gasteiger partial charge in [-0.05, 0) is 37.6 Å². The summed E-state index contributed by atoms with van der Waals surface area (Å²) in [5, 5.41) is 2.88. The number of carbonyl (C=O) groups is 1. The fourth-order valence-corrected chi connectivity index (χ4v) is 1.73. The highest BCUT2D eigenvalue weighted by Gasteiger charge is 2.04. The molecule has 2 nitrogen and oxygen atoms in total. The molecule has 1 amide bonds. The largest absolute Gasteiger partial charge is 0.322 e. The van der Waals surface area contributed by atoms with Crippen LogP contribution >= 0.6 is 0 Å².